The molecular weight excluding hydrogens is 350 g/mol. The zero-order valence-electron chi connectivity index (χ0n) is 16.3. The molecule has 6 nitrogen and oxygen atoms in total. The molecule has 1 aliphatic rings. The summed E-state index contributed by atoms with van der Waals surface area (Å²) in [7, 11) is 1.68. The molecule has 1 aromatic heterocycles. The lowest BCUT2D eigenvalue weighted by molar-refractivity contribution is 0.172. The van der Waals surface area contributed by atoms with Gasteiger partial charge in [-0.25, -0.2) is 4.68 Å². The summed E-state index contributed by atoms with van der Waals surface area (Å²) in [5, 5.41) is 8.78. The number of nitrogen functional groups attached to an aromatic ring is 1. The van der Waals surface area contributed by atoms with Gasteiger partial charge in [0.25, 0.3) is 0 Å². The summed E-state index contributed by atoms with van der Waals surface area (Å²) in [4.78, 5) is 2.50. The largest absolute Gasteiger partial charge is 0.497 e. The van der Waals surface area contributed by atoms with Gasteiger partial charge in [-0.1, -0.05) is 29.5 Å². The third kappa shape index (κ3) is 4.51. The van der Waals surface area contributed by atoms with Crippen molar-refractivity contribution in [2.45, 2.75) is 31.8 Å². The molecule has 0 unspecified atom stereocenters. The Hall–Kier alpha value is -2.86. The topological polar surface area (TPSA) is 69.2 Å². The number of ether oxygens (including phenoxy) is 1. The minimum Gasteiger partial charge on any atom is -0.497 e. The van der Waals surface area contributed by atoms with E-state index in [-0.39, 0.29) is 0 Å². The van der Waals surface area contributed by atoms with E-state index in [1.165, 1.54) is 11.1 Å². The fourth-order valence-corrected chi connectivity index (χ4v) is 3.75. The van der Waals surface area contributed by atoms with Gasteiger partial charge in [0.05, 0.1) is 18.8 Å². The molecule has 1 fully saturated rings. The first-order chi connectivity index (χ1) is 13.7. The highest BCUT2D eigenvalue weighted by molar-refractivity contribution is 5.39. The molecule has 0 aliphatic carbocycles. The molecule has 3 aromatic rings. The van der Waals surface area contributed by atoms with Crippen LogP contribution in [-0.2, 0) is 13.0 Å². The summed E-state index contributed by atoms with van der Waals surface area (Å²) in [6, 6.07) is 16.7. The normalized spacial score (nSPS) is 15.6. The van der Waals surface area contributed by atoms with Crippen molar-refractivity contribution in [2.75, 3.05) is 25.9 Å². The number of anilines is 1. The highest BCUT2D eigenvalue weighted by Gasteiger charge is 2.21. The molecule has 0 amide bonds. The van der Waals surface area contributed by atoms with Gasteiger partial charge < -0.3 is 10.5 Å². The van der Waals surface area contributed by atoms with Crippen molar-refractivity contribution < 1.29 is 4.74 Å². The fourth-order valence-electron chi connectivity index (χ4n) is 3.75. The van der Waals surface area contributed by atoms with E-state index in [1.807, 2.05) is 24.3 Å². The van der Waals surface area contributed by atoms with Crippen molar-refractivity contribution in [1.29, 1.82) is 0 Å². The van der Waals surface area contributed by atoms with E-state index in [0.29, 0.717) is 6.04 Å². The lowest BCUT2D eigenvalue weighted by Gasteiger charge is -2.31. The molecule has 1 saturated heterocycles. The first-order valence-corrected chi connectivity index (χ1v) is 9.80. The SMILES string of the molecule is COc1ccc(Cc2cn(C3CCN(Cc4ccc(N)cc4)CC3)nn2)cc1. The third-order valence-corrected chi connectivity index (χ3v) is 5.42. The number of nitrogens with two attached hydrogens (primary N) is 1. The van der Waals surface area contributed by atoms with Crippen molar-refractivity contribution >= 4 is 5.69 Å². The number of likely N-dealkylation sites (tertiary alicyclic amines) is 1. The second-order valence-corrected chi connectivity index (χ2v) is 7.46. The Morgan fingerprint density at radius 3 is 2.36 bits per heavy atom. The van der Waals surface area contributed by atoms with Crippen LogP contribution in [0.1, 0.15) is 35.7 Å². The summed E-state index contributed by atoms with van der Waals surface area (Å²) in [6.45, 7) is 3.12. The van der Waals surface area contributed by atoms with Crippen LogP contribution in [0.25, 0.3) is 0 Å². The quantitative estimate of drug-likeness (QED) is 0.668. The predicted octanol–water partition coefficient (Wildman–Crippen LogP) is 3.30. The Kier molecular flexibility index (Phi) is 5.58. The predicted molar refractivity (Wildman–Crippen MR) is 110 cm³/mol. The zero-order chi connectivity index (χ0) is 19.3. The smallest absolute Gasteiger partial charge is 0.118 e. The maximum Gasteiger partial charge on any atom is 0.118 e. The van der Waals surface area contributed by atoms with E-state index in [9.17, 15) is 0 Å². The van der Waals surface area contributed by atoms with Gasteiger partial charge in [-0.05, 0) is 48.2 Å². The average molecular weight is 377 g/mol. The van der Waals surface area contributed by atoms with E-state index in [2.05, 4.69) is 50.4 Å². The minimum atomic E-state index is 0.430. The first kappa shape index (κ1) is 18.5. The highest BCUT2D eigenvalue weighted by Crippen LogP contribution is 2.23. The van der Waals surface area contributed by atoms with Crippen molar-refractivity contribution in [3.63, 3.8) is 0 Å². The van der Waals surface area contributed by atoms with E-state index in [4.69, 9.17) is 10.5 Å². The second-order valence-electron chi connectivity index (χ2n) is 7.46. The summed E-state index contributed by atoms with van der Waals surface area (Å²) in [5.74, 6) is 0.873. The lowest BCUT2D eigenvalue weighted by Crippen LogP contribution is -2.34. The lowest BCUT2D eigenvalue weighted by atomic mass is 10.0. The molecule has 1 aliphatic heterocycles. The van der Waals surface area contributed by atoms with Crippen LogP contribution < -0.4 is 10.5 Å². The number of methoxy groups -OCH3 is 1. The summed E-state index contributed by atoms with van der Waals surface area (Å²) < 4.78 is 7.27. The third-order valence-electron chi connectivity index (χ3n) is 5.42. The van der Waals surface area contributed by atoms with E-state index < -0.39 is 0 Å². The Bertz CT molecular complexity index is 880. The molecule has 0 atom stereocenters. The van der Waals surface area contributed by atoms with Gasteiger partial charge in [-0.3, -0.25) is 4.90 Å². The van der Waals surface area contributed by atoms with Crippen molar-refractivity contribution in [3.8, 4) is 5.75 Å². The number of aromatic nitrogens is 3. The van der Waals surface area contributed by atoms with Crippen molar-refractivity contribution in [3.05, 3.63) is 71.5 Å². The summed E-state index contributed by atoms with van der Waals surface area (Å²) in [5.41, 5.74) is 10.1. The number of hydrogen-bond acceptors (Lipinski definition) is 5. The molecule has 146 valence electrons. The molecule has 0 spiro atoms. The maximum absolute atomic E-state index is 5.77. The molecule has 2 heterocycles. The minimum absolute atomic E-state index is 0.430. The molecule has 2 aromatic carbocycles. The number of benzene rings is 2. The van der Waals surface area contributed by atoms with Gasteiger partial charge >= 0.3 is 0 Å². The molecule has 0 radical (unpaired) electrons. The average Bonchev–Trinajstić information content (AvgIpc) is 3.19. The first-order valence-electron chi connectivity index (χ1n) is 9.80. The summed E-state index contributed by atoms with van der Waals surface area (Å²) >= 11 is 0. The number of nitrogens with zero attached hydrogens (tertiary/aromatic N) is 4. The van der Waals surface area contributed by atoms with Crippen molar-refractivity contribution in [2.24, 2.45) is 0 Å². The Labute approximate surface area is 165 Å². The van der Waals surface area contributed by atoms with Gasteiger partial charge in [0.1, 0.15) is 5.75 Å². The van der Waals surface area contributed by atoms with Crippen LogP contribution in [0.2, 0.25) is 0 Å². The van der Waals surface area contributed by atoms with E-state index in [1.54, 1.807) is 7.11 Å². The van der Waals surface area contributed by atoms with Gasteiger partial charge in [0, 0.05) is 37.9 Å². The molecule has 0 saturated carbocycles. The van der Waals surface area contributed by atoms with Gasteiger partial charge in [-0.15, -0.1) is 5.10 Å². The van der Waals surface area contributed by atoms with Gasteiger partial charge in [0.15, 0.2) is 0 Å². The Morgan fingerprint density at radius 2 is 1.68 bits per heavy atom. The van der Waals surface area contributed by atoms with Crippen LogP contribution in [-0.4, -0.2) is 40.1 Å². The van der Waals surface area contributed by atoms with Crippen LogP contribution in [0.3, 0.4) is 0 Å². The standard InChI is InChI=1S/C22H27N5O/c1-28-22-8-4-17(5-9-22)14-20-16-27(25-24-20)21-10-12-26(13-11-21)15-18-2-6-19(23)7-3-18/h2-9,16,21H,10-15,23H2,1H3. The Morgan fingerprint density at radius 1 is 1.00 bits per heavy atom. The van der Waals surface area contributed by atoms with Gasteiger partial charge in [0.2, 0.25) is 0 Å². The molecule has 4 rings (SSSR count). The number of rotatable bonds is 6. The van der Waals surface area contributed by atoms with E-state index >= 15 is 0 Å². The van der Waals surface area contributed by atoms with E-state index in [0.717, 1.165) is 56.0 Å². The Balaban J connectivity index is 1.30. The van der Waals surface area contributed by atoms with Crippen LogP contribution in [0.15, 0.2) is 54.7 Å². The molecule has 0 bridgehead atoms. The van der Waals surface area contributed by atoms with Crippen LogP contribution in [0.4, 0.5) is 5.69 Å². The number of piperidine rings is 1. The number of hydrogen-bond donors (Lipinski definition) is 1. The van der Waals surface area contributed by atoms with Gasteiger partial charge in [-0.2, -0.15) is 0 Å². The molecule has 2 N–H and O–H groups in total. The summed E-state index contributed by atoms with van der Waals surface area (Å²) in [6.07, 6.45) is 5.09. The maximum atomic E-state index is 5.77. The highest BCUT2D eigenvalue weighted by atomic mass is 16.5. The van der Waals surface area contributed by atoms with Crippen LogP contribution >= 0.6 is 0 Å². The monoisotopic (exact) mass is 377 g/mol. The molecule has 6 heteroatoms. The van der Waals surface area contributed by atoms with Crippen molar-refractivity contribution in [1.82, 2.24) is 19.9 Å². The second kappa shape index (κ2) is 8.44. The molecule has 28 heavy (non-hydrogen) atoms. The fraction of sp³-hybridized carbons (Fsp3) is 0.364. The molecular formula is C22H27N5O. The van der Waals surface area contributed by atoms with Crippen LogP contribution in [0, 0.1) is 0 Å². The zero-order valence-corrected chi connectivity index (χ0v) is 16.3. The van der Waals surface area contributed by atoms with Crippen LogP contribution in [0.5, 0.6) is 5.75 Å².